The predicted molar refractivity (Wildman–Crippen MR) is 127 cm³/mol. The summed E-state index contributed by atoms with van der Waals surface area (Å²) in [7, 11) is 0. The van der Waals surface area contributed by atoms with Gasteiger partial charge in [0, 0.05) is 24.3 Å². The number of carbonyl (C=O) groups excluding carboxylic acids is 4. The number of rotatable bonds is 3. The van der Waals surface area contributed by atoms with E-state index in [1.165, 1.54) is 51.1 Å². The number of ketones is 3. The van der Waals surface area contributed by atoms with Crippen LogP contribution >= 0.6 is 0 Å². The number of aromatic carboxylic acids is 1. The van der Waals surface area contributed by atoms with E-state index >= 15 is 0 Å². The first kappa shape index (κ1) is 34.8. The number of phenols is 2. The van der Waals surface area contributed by atoms with Crippen molar-refractivity contribution in [2.24, 2.45) is 0 Å². The van der Waals surface area contributed by atoms with Gasteiger partial charge >= 0.3 is 63.3 Å². The fourth-order valence-electron chi connectivity index (χ4n) is 3.12. The molecule has 5 N–H and O–H groups in total. The van der Waals surface area contributed by atoms with E-state index in [1.54, 1.807) is 6.07 Å². The molecular weight excluding hydrogens is 529 g/mol. The Morgan fingerprint density at radius 1 is 0.974 bits per heavy atom. The molecule has 2 aromatic carbocycles. The quantitative estimate of drug-likeness (QED) is 0.180. The first-order chi connectivity index (χ1) is 16.8. The van der Waals surface area contributed by atoms with Crippen molar-refractivity contribution in [2.75, 3.05) is 6.61 Å². The van der Waals surface area contributed by atoms with E-state index in [1.807, 2.05) is 0 Å². The number of Topliss-reactive ketones (excluding diaryl/α,β-unsaturated/α-hetero) is 3. The third-order valence-corrected chi connectivity index (χ3v) is 4.75. The summed E-state index contributed by atoms with van der Waals surface area (Å²) in [5.41, 5.74) is 1.49. The van der Waals surface area contributed by atoms with E-state index in [-0.39, 0.29) is 110 Å². The van der Waals surface area contributed by atoms with Gasteiger partial charge < -0.3 is 30.6 Å². The Bertz CT molecular complexity index is 1370. The molecule has 0 bridgehead atoms. The Morgan fingerprint density at radius 3 is 2.08 bits per heavy atom. The number of carboxylic acids is 1. The summed E-state index contributed by atoms with van der Waals surface area (Å²) >= 11 is 0. The molecule has 1 aliphatic rings. The topological polar surface area (TPSA) is 218 Å². The molecule has 0 saturated carbocycles. The van der Waals surface area contributed by atoms with Gasteiger partial charge in [0.1, 0.15) is 23.7 Å². The zero-order valence-corrected chi connectivity index (χ0v) is 24.1. The number of phenolic OH excluding ortho intramolecular Hbond substituents is 2. The van der Waals surface area contributed by atoms with Crippen LogP contribution in [0.2, 0.25) is 0 Å². The fourth-order valence-corrected chi connectivity index (χ4v) is 3.12. The number of hydrogen-bond acceptors (Lipinski definition) is 11. The van der Waals surface area contributed by atoms with Gasteiger partial charge in [-0.1, -0.05) is 6.07 Å². The van der Waals surface area contributed by atoms with Gasteiger partial charge in [0.15, 0.2) is 11.5 Å². The Kier molecular flexibility index (Phi) is 14.0. The Labute approximate surface area is 259 Å². The molecule has 196 valence electrons. The standard InChI is InChI=1S/C11H9NO4.C9H6O3.C5H8O3.K.H2O/c1-5-10(14)9(11(15)16)7-4-6(13)2-3-8(7)12-5;10-6-2-1-5-3-8(11)9(12)7(5)4-6;1-4(6)3-8-5(2)7;;/h2-4,13-14H,1H3,(H,15,16);1-2,4,10H,3H2;3H2,1-2H3;;1H2/q;;;+1;/p-1. The van der Waals surface area contributed by atoms with E-state index in [9.17, 15) is 34.2 Å². The Hall–Kier alpha value is -3.20. The normalized spacial score (nSPS) is 10.9. The molecule has 1 aliphatic carbocycles. The molecule has 13 heteroatoms. The van der Waals surface area contributed by atoms with E-state index in [4.69, 9.17) is 10.2 Å². The minimum Gasteiger partial charge on any atom is -0.870 e. The van der Waals surface area contributed by atoms with Gasteiger partial charge in [0.25, 0.3) is 0 Å². The van der Waals surface area contributed by atoms with Gasteiger partial charge in [-0.3, -0.25) is 19.2 Å². The molecule has 1 aromatic heterocycles. The SMILES string of the molecule is CC(=O)COC(C)=O.Cc1nc2ccc(O)cc2c(C(=O)O)c1O.O=C1Cc2ccc(O)cc2C1=O.[K+].[OH-]. The second kappa shape index (κ2) is 15.3. The third-order valence-electron chi connectivity index (χ3n) is 4.75. The zero-order chi connectivity index (χ0) is 27.2. The van der Waals surface area contributed by atoms with Crippen molar-refractivity contribution in [2.45, 2.75) is 27.2 Å². The number of carboxylic acid groups (broad SMARTS) is 1. The van der Waals surface area contributed by atoms with Crippen LogP contribution in [-0.2, 0) is 25.5 Å². The molecule has 0 unspecified atom stereocenters. The molecule has 0 fully saturated rings. The van der Waals surface area contributed by atoms with Crippen LogP contribution in [-0.4, -0.2) is 66.8 Å². The predicted octanol–water partition coefficient (Wildman–Crippen LogP) is -0.682. The van der Waals surface area contributed by atoms with Crippen molar-refractivity contribution in [3.8, 4) is 17.2 Å². The van der Waals surface area contributed by atoms with Crippen molar-refractivity contribution in [3.05, 3.63) is 58.8 Å². The van der Waals surface area contributed by atoms with Crippen LogP contribution in [0.25, 0.3) is 10.9 Å². The number of benzene rings is 2. The minimum atomic E-state index is -1.25. The smallest absolute Gasteiger partial charge is 0.870 e. The molecule has 0 atom stereocenters. The Balaban J connectivity index is 0.000000557. The maximum atomic E-state index is 11.1. The maximum Gasteiger partial charge on any atom is 1.00 e. The molecular formula is C25H24KNO11. The number of fused-ring (bicyclic) bond motifs is 2. The second-order valence-corrected chi connectivity index (χ2v) is 7.68. The minimum absolute atomic E-state index is 0. The molecule has 0 radical (unpaired) electrons. The first-order valence-corrected chi connectivity index (χ1v) is 10.4. The summed E-state index contributed by atoms with van der Waals surface area (Å²) < 4.78 is 4.31. The molecule has 1 heterocycles. The molecule has 0 amide bonds. The number of hydrogen-bond donors (Lipinski definition) is 4. The first-order valence-electron chi connectivity index (χ1n) is 10.4. The summed E-state index contributed by atoms with van der Waals surface area (Å²) in [5, 5.41) is 37.2. The summed E-state index contributed by atoms with van der Waals surface area (Å²) in [6.07, 6.45) is 0.175. The number of esters is 1. The maximum absolute atomic E-state index is 11.1. The molecule has 0 aliphatic heterocycles. The monoisotopic (exact) mass is 553 g/mol. The average molecular weight is 554 g/mol. The molecule has 0 saturated heterocycles. The van der Waals surface area contributed by atoms with Crippen molar-refractivity contribution < 1.29 is 106 Å². The van der Waals surface area contributed by atoms with Crippen LogP contribution < -0.4 is 51.4 Å². The van der Waals surface area contributed by atoms with Crippen LogP contribution in [0.3, 0.4) is 0 Å². The summed E-state index contributed by atoms with van der Waals surface area (Å²) in [5.74, 6) is -3.10. The van der Waals surface area contributed by atoms with Crippen LogP contribution in [0.1, 0.15) is 45.8 Å². The second-order valence-electron chi connectivity index (χ2n) is 7.68. The number of aryl methyl sites for hydroxylation is 1. The van der Waals surface area contributed by atoms with Gasteiger partial charge in [-0.25, -0.2) is 9.78 Å². The molecule has 4 rings (SSSR count). The van der Waals surface area contributed by atoms with Crippen LogP contribution in [0, 0.1) is 6.92 Å². The number of pyridine rings is 1. The molecule has 0 spiro atoms. The molecule has 12 nitrogen and oxygen atoms in total. The third kappa shape index (κ3) is 9.27. The van der Waals surface area contributed by atoms with E-state index in [2.05, 4.69) is 9.72 Å². The Morgan fingerprint density at radius 2 is 1.55 bits per heavy atom. The molecule has 3 aromatic rings. The van der Waals surface area contributed by atoms with E-state index in [0.29, 0.717) is 16.6 Å². The number of nitrogens with zero attached hydrogens (tertiary/aromatic N) is 1. The van der Waals surface area contributed by atoms with Gasteiger partial charge in [-0.15, -0.1) is 0 Å². The summed E-state index contributed by atoms with van der Waals surface area (Å²) in [6.45, 7) is 4.05. The fraction of sp³-hybridized carbons (Fsp3) is 0.200. The van der Waals surface area contributed by atoms with E-state index in [0.717, 1.165) is 0 Å². The van der Waals surface area contributed by atoms with Gasteiger partial charge in [-0.05, 0) is 49.7 Å². The average Bonchev–Trinajstić information content (AvgIpc) is 3.07. The van der Waals surface area contributed by atoms with Gasteiger partial charge in [0.05, 0.1) is 11.2 Å². The van der Waals surface area contributed by atoms with Crippen molar-refractivity contribution in [1.29, 1.82) is 0 Å². The van der Waals surface area contributed by atoms with Crippen molar-refractivity contribution in [3.63, 3.8) is 0 Å². The van der Waals surface area contributed by atoms with Crippen LogP contribution in [0.4, 0.5) is 0 Å². The summed E-state index contributed by atoms with van der Waals surface area (Å²) in [4.78, 5) is 57.1. The van der Waals surface area contributed by atoms with Gasteiger partial charge in [-0.2, -0.15) is 0 Å². The number of ether oxygens (including phenoxy) is 1. The summed E-state index contributed by atoms with van der Waals surface area (Å²) in [6, 6.07) is 8.60. The van der Waals surface area contributed by atoms with Crippen molar-refractivity contribution >= 4 is 40.2 Å². The van der Waals surface area contributed by atoms with Gasteiger partial charge in [0.2, 0.25) is 11.6 Å². The van der Waals surface area contributed by atoms with Crippen LogP contribution in [0.15, 0.2) is 36.4 Å². The van der Waals surface area contributed by atoms with Crippen LogP contribution in [0.5, 0.6) is 17.2 Å². The number of aromatic nitrogens is 1. The largest absolute Gasteiger partial charge is 1.00 e. The zero-order valence-electron chi connectivity index (χ0n) is 21.0. The van der Waals surface area contributed by atoms with E-state index < -0.39 is 23.5 Å². The van der Waals surface area contributed by atoms with Crippen molar-refractivity contribution in [1.82, 2.24) is 4.98 Å². The number of carbonyl (C=O) groups is 5. The molecule has 38 heavy (non-hydrogen) atoms. The number of aromatic hydroxyl groups is 3.